The van der Waals surface area contributed by atoms with Gasteiger partial charge in [-0.25, -0.2) is 4.79 Å². The first-order valence-electron chi connectivity index (χ1n) is 14.9. The van der Waals surface area contributed by atoms with Crippen LogP contribution in [-0.4, -0.2) is 56.1 Å². The number of hydrogen-bond acceptors (Lipinski definition) is 8. The number of nitrogens with zero attached hydrogens (tertiary/aromatic N) is 2. The van der Waals surface area contributed by atoms with Crippen molar-refractivity contribution in [1.29, 1.82) is 0 Å². The van der Waals surface area contributed by atoms with Crippen molar-refractivity contribution < 1.29 is 34.7 Å². The number of nitro benzene ring substituents is 1. The number of aliphatic hydroxyl groups is 2. The summed E-state index contributed by atoms with van der Waals surface area (Å²) in [6.45, 7) is 3.96. The Bertz CT molecular complexity index is 1420. The van der Waals surface area contributed by atoms with Crippen molar-refractivity contribution in [3.05, 3.63) is 51.6 Å². The number of carboxylic acids is 1. The average Bonchev–Trinajstić information content (AvgIpc) is 3.26. The molecular weight excluding hydrogens is 554 g/mol. The number of rotatable bonds is 8. The van der Waals surface area contributed by atoms with Gasteiger partial charge in [-0.2, -0.15) is 0 Å². The lowest BCUT2D eigenvalue weighted by molar-refractivity contribution is -0.385. The highest BCUT2D eigenvalue weighted by molar-refractivity contribution is 5.96. The quantitative estimate of drug-likeness (QED) is 0.200. The standard InChI is InChI=1S/C32H39N3O8/c1-4-32(40)15-12-25-23-9-8-20-17-21(10-13-30(20,2)24(23)11-14-31(25,32)3)34-43-18-26(36)33-27(29(38)39)28(37)19-6-5-7-22(16-19)35(41)42/h1,5-7,16-17,23-25,27-28,37,40H,8-15,18H2,2-3H3,(H,33,36)(H,38,39)/t23-,24-,25-,27+,28+,30+,31+,32+/m1/s1. The molecule has 11 heteroatoms. The molecule has 4 N–H and O–H groups in total. The molecule has 1 aromatic carbocycles. The molecule has 4 aliphatic rings. The second kappa shape index (κ2) is 11.4. The van der Waals surface area contributed by atoms with Crippen LogP contribution in [0.4, 0.5) is 5.69 Å². The van der Waals surface area contributed by atoms with E-state index in [1.54, 1.807) is 0 Å². The first-order chi connectivity index (χ1) is 20.3. The molecular formula is C32H39N3O8. The number of aliphatic hydroxyl groups excluding tert-OH is 1. The van der Waals surface area contributed by atoms with Crippen LogP contribution in [-0.2, 0) is 14.4 Å². The maximum atomic E-state index is 12.5. The topological polar surface area (TPSA) is 172 Å². The van der Waals surface area contributed by atoms with Crippen molar-refractivity contribution in [3.63, 3.8) is 0 Å². The summed E-state index contributed by atoms with van der Waals surface area (Å²) in [5.74, 6) is 1.85. The third-order valence-corrected chi connectivity index (χ3v) is 11.1. The molecule has 0 aromatic heterocycles. The van der Waals surface area contributed by atoms with Gasteiger partial charge in [-0.1, -0.05) is 42.6 Å². The van der Waals surface area contributed by atoms with Crippen LogP contribution in [0.25, 0.3) is 0 Å². The highest BCUT2D eigenvalue weighted by Gasteiger charge is 2.63. The summed E-state index contributed by atoms with van der Waals surface area (Å²) in [7, 11) is 0. The van der Waals surface area contributed by atoms with E-state index in [1.807, 2.05) is 0 Å². The molecule has 0 heterocycles. The molecule has 5 rings (SSSR count). The normalized spacial score (nSPS) is 35.3. The molecule has 1 aromatic rings. The van der Waals surface area contributed by atoms with Crippen LogP contribution in [0.1, 0.15) is 76.9 Å². The molecule has 0 spiro atoms. The Kier molecular flexibility index (Phi) is 8.13. The highest BCUT2D eigenvalue weighted by atomic mass is 16.6. The van der Waals surface area contributed by atoms with E-state index < -0.39 is 41.2 Å². The van der Waals surface area contributed by atoms with E-state index in [1.165, 1.54) is 23.8 Å². The zero-order valence-corrected chi connectivity index (χ0v) is 24.5. The molecule has 4 aliphatic carbocycles. The van der Waals surface area contributed by atoms with Gasteiger partial charge in [0.1, 0.15) is 11.7 Å². The van der Waals surface area contributed by atoms with Gasteiger partial charge >= 0.3 is 5.97 Å². The van der Waals surface area contributed by atoms with E-state index in [2.05, 4.69) is 36.3 Å². The summed E-state index contributed by atoms with van der Waals surface area (Å²) in [5.41, 5.74) is 0.464. The number of oxime groups is 1. The number of fused-ring (bicyclic) bond motifs is 5. The Balaban J connectivity index is 1.21. The number of benzene rings is 1. The van der Waals surface area contributed by atoms with Crippen molar-refractivity contribution >= 4 is 23.3 Å². The maximum absolute atomic E-state index is 12.5. The minimum Gasteiger partial charge on any atom is -0.480 e. The van der Waals surface area contributed by atoms with Crippen molar-refractivity contribution in [2.24, 2.45) is 33.7 Å². The maximum Gasteiger partial charge on any atom is 0.329 e. The number of carboxylic acid groups (broad SMARTS) is 1. The molecule has 0 aliphatic heterocycles. The lowest BCUT2D eigenvalue weighted by Gasteiger charge is -2.58. The van der Waals surface area contributed by atoms with E-state index >= 15 is 0 Å². The van der Waals surface area contributed by atoms with Crippen LogP contribution in [0.15, 0.2) is 41.1 Å². The highest BCUT2D eigenvalue weighted by Crippen LogP contribution is 2.67. The van der Waals surface area contributed by atoms with Gasteiger partial charge in [0, 0.05) is 17.5 Å². The molecule has 0 saturated heterocycles. The van der Waals surface area contributed by atoms with Crippen LogP contribution in [0.3, 0.4) is 0 Å². The first kappa shape index (κ1) is 30.7. The molecule has 8 atom stereocenters. The fourth-order valence-corrected chi connectivity index (χ4v) is 8.58. The van der Waals surface area contributed by atoms with Crippen LogP contribution >= 0.6 is 0 Å². The fraction of sp³-hybridized carbons (Fsp3) is 0.594. The predicted molar refractivity (Wildman–Crippen MR) is 156 cm³/mol. The van der Waals surface area contributed by atoms with Crippen LogP contribution in [0.5, 0.6) is 0 Å². The number of carbonyl (C=O) groups excluding carboxylic acids is 1. The lowest BCUT2D eigenvalue weighted by atomic mass is 9.46. The monoisotopic (exact) mass is 593 g/mol. The minimum absolute atomic E-state index is 0.0167. The van der Waals surface area contributed by atoms with Gasteiger partial charge in [0.15, 0.2) is 12.6 Å². The molecule has 3 saturated carbocycles. The molecule has 0 unspecified atom stereocenters. The van der Waals surface area contributed by atoms with E-state index in [-0.39, 0.29) is 22.1 Å². The third kappa shape index (κ3) is 5.31. The molecule has 0 bridgehead atoms. The Morgan fingerprint density at radius 2 is 1.95 bits per heavy atom. The minimum atomic E-state index is -1.74. The Morgan fingerprint density at radius 3 is 2.65 bits per heavy atom. The number of carbonyl (C=O) groups is 2. The fourth-order valence-electron chi connectivity index (χ4n) is 8.58. The summed E-state index contributed by atoms with van der Waals surface area (Å²) in [5, 5.41) is 48.7. The zero-order chi connectivity index (χ0) is 31.2. The summed E-state index contributed by atoms with van der Waals surface area (Å²) in [6, 6.07) is 3.20. The summed E-state index contributed by atoms with van der Waals surface area (Å²) in [6.07, 6.45) is 13.2. The van der Waals surface area contributed by atoms with Crippen molar-refractivity contribution in [2.45, 2.75) is 83.0 Å². The SMILES string of the molecule is C#C[C@]1(O)CC[C@@H]2[C@@H]3CCC4=CC(=NOCC(=O)N[C@H](C(=O)O)[C@@H](O)c5cccc([N+](=O)[O-])c5)CC[C@]4(C)[C@@H]3CC[C@@]21C. The van der Waals surface area contributed by atoms with Crippen molar-refractivity contribution in [1.82, 2.24) is 5.32 Å². The number of amides is 1. The third-order valence-electron chi connectivity index (χ3n) is 11.1. The molecule has 43 heavy (non-hydrogen) atoms. The van der Waals surface area contributed by atoms with Gasteiger partial charge in [-0.3, -0.25) is 14.9 Å². The number of terminal acetylenes is 1. The number of hydrogen-bond donors (Lipinski definition) is 4. The smallest absolute Gasteiger partial charge is 0.329 e. The van der Waals surface area contributed by atoms with E-state index in [9.17, 15) is 35.0 Å². The van der Waals surface area contributed by atoms with Crippen molar-refractivity contribution in [2.75, 3.05) is 6.61 Å². The summed E-state index contributed by atoms with van der Waals surface area (Å²) >= 11 is 0. The average molecular weight is 594 g/mol. The second-order valence-corrected chi connectivity index (χ2v) is 13.0. The van der Waals surface area contributed by atoms with Crippen LogP contribution in [0, 0.1) is 51.0 Å². The summed E-state index contributed by atoms with van der Waals surface area (Å²) < 4.78 is 0. The number of nitrogens with one attached hydrogen (secondary N) is 1. The first-order valence-corrected chi connectivity index (χ1v) is 14.9. The van der Waals surface area contributed by atoms with Gasteiger partial charge in [-0.15, -0.1) is 6.42 Å². The Hall–Kier alpha value is -3.75. The van der Waals surface area contributed by atoms with Gasteiger partial charge in [0.05, 0.1) is 10.6 Å². The van der Waals surface area contributed by atoms with E-state index in [4.69, 9.17) is 11.3 Å². The van der Waals surface area contributed by atoms with Gasteiger partial charge in [0.25, 0.3) is 11.6 Å². The number of allylic oxidation sites excluding steroid dienone is 2. The number of aliphatic carboxylic acids is 1. The van der Waals surface area contributed by atoms with Crippen LogP contribution < -0.4 is 5.32 Å². The summed E-state index contributed by atoms with van der Waals surface area (Å²) in [4.78, 5) is 39.9. The molecule has 3 fully saturated rings. The van der Waals surface area contributed by atoms with Gasteiger partial charge < -0.3 is 25.5 Å². The van der Waals surface area contributed by atoms with Crippen molar-refractivity contribution in [3.8, 4) is 12.3 Å². The van der Waals surface area contributed by atoms with Crippen LogP contribution in [0.2, 0.25) is 0 Å². The van der Waals surface area contributed by atoms with Gasteiger partial charge in [-0.05, 0) is 86.2 Å². The molecule has 1 amide bonds. The molecule has 230 valence electrons. The van der Waals surface area contributed by atoms with E-state index in [0.717, 1.165) is 44.6 Å². The predicted octanol–water partition coefficient (Wildman–Crippen LogP) is 3.90. The van der Waals surface area contributed by atoms with E-state index in [0.29, 0.717) is 36.3 Å². The molecule has 11 nitrogen and oxygen atoms in total. The largest absolute Gasteiger partial charge is 0.480 e. The van der Waals surface area contributed by atoms with Gasteiger partial charge in [0.2, 0.25) is 0 Å². The zero-order valence-electron chi connectivity index (χ0n) is 24.5. The molecule has 0 radical (unpaired) electrons. The Labute approximate surface area is 250 Å². The lowest BCUT2D eigenvalue weighted by Crippen LogP contribution is -2.54. The Morgan fingerprint density at radius 1 is 1.21 bits per heavy atom. The second-order valence-electron chi connectivity index (χ2n) is 13.0. The number of non-ortho nitro benzene ring substituents is 1. The number of nitro groups is 1.